The molecule has 2 aromatic heterocycles. The first kappa shape index (κ1) is 11.1. The minimum atomic E-state index is -0.132. The molecule has 0 N–H and O–H groups in total. The van der Waals surface area contributed by atoms with Gasteiger partial charge in [0.2, 0.25) is 0 Å². The van der Waals surface area contributed by atoms with Crippen LogP contribution in [-0.4, -0.2) is 19.7 Å². The third-order valence-corrected chi connectivity index (χ3v) is 2.28. The van der Waals surface area contributed by atoms with Crippen molar-refractivity contribution in [3.63, 3.8) is 0 Å². The van der Waals surface area contributed by atoms with Crippen molar-refractivity contribution in [3.05, 3.63) is 35.5 Å². The molecule has 0 saturated carbocycles. The highest BCUT2D eigenvalue weighted by molar-refractivity contribution is 6.29. The average Bonchev–Trinajstić information content (AvgIpc) is 2.68. The number of hydrogen-bond acceptors (Lipinski definition) is 3. The van der Waals surface area contributed by atoms with Crippen molar-refractivity contribution in [3.8, 4) is 5.82 Å². The lowest BCUT2D eigenvalue weighted by Crippen LogP contribution is -2.17. The van der Waals surface area contributed by atoms with Crippen LogP contribution in [0.25, 0.3) is 5.82 Å². The Labute approximate surface area is 99.3 Å². The maximum atomic E-state index is 5.98. The summed E-state index contributed by atoms with van der Waals surface area (Å²) in [4.78, 5) is 8.68. The van der Waals surface area contributed by atoms with Crippen molar-refractivity contribution in [2.45, 2.75) is 26.2 Å². The molecular formula is C11H13ClN4. The zero-order valence-electron chi connectivity index (χ0n) is 9.48. The van der Waals surface area contributed by atoms with E-state index in [0.717, 1.165) is 0 Å². The zero-order chi connectivity index (χ0) is 11.8. The first-order valence-electron chi connectivity index (χ1n) is 5.02. The van der Waals surface area contributed by atoms with Crippen molar-refractivity contribution in [2.24, 2.45) is 0 Å². The Morgan fingerprint density at radius 3 is 2.56 bits per heavy atom. The molecule has 0 saturated heterocycles. The van der Waals surface area contributed by atoms with Crippen LogP contribution in [0.5, 0.6) is 0 Å². The third-order valence-electron chi connectivity index (χ3n) is 2.09. The smallest absolute Gasteiger partial charge is 0.158 e. The largest absolute Gasteiger partial charge is 0.223 e. The summed E-state index contributed by atoms with van der Waals surface area (Å²) in [5.41, 5.74) is -0.132. The highest BCUT2D eigenvalue weighted by Gasteiger charge is 2.19. The fourth-order valence-electron chi connectivity index (χ4n) is 1.26. The SMILES string of the molecule is CC(C)(C)c1nc(Cl)cc(-n2cccn2)n1. The van der Waals surface area contributed by atoms with Crippen molar-refractivity contribution >= 4 is 11.6 Å². The van der Waals surface area contributed by atoms with Gasteiger partial charge in [-0.05, 0) is 6.07 Å². The lowest BCUT2D eigenvalue weighted by atomic mass is 9.96. The number of rotatable bonds is 1. The first-order chi connectivity index (χ1) is 7.47. The van der Waals surface area contributed by atoms with Gasteiger partial charge in [0.25, 0.3) is 0 Å². The Kier molecular flexibility index (Phi) is 2.68. The van der Waals surface area contributed by atoms with Gasteiger partial charge in [0.15, 0.2) is 5.82 Å². The quantitative estimate of drug-likeness (QED) is 0.715. The maximum Gasteiger partial charge on any atom is 0.158 e. The second-order valence-corrected chi connectivity index (χ2v) is 4.96. The van der Waals surface area contributed by atoms with E-state index in [4.69, 9.17) is 11.6 Å². The molecule has 2 rings (SSSR count). The zero-order valence-corrected chi connectivity index (χ0v) is 10.2. The van der Waals surface area contributed by atoms with Crippen LogP contribution in [0.3, 0.4) is 0 Å². The molecule has 2 heterocycles. The fraction of sp³-hybridized carbons (Fsp3) is 0.364. The predicted molar refractivity (Wildman–Crippen MR) is 62.9 cm³/mol. The summed E-state index contributed by atoms with van der Waals surface area (Å²) in [5, 5.41) is 4.55. The van der Waals surface area contributed by atoms with Crippen LogP contribution in [-0.2, 0) is 5.41 Å². The summed E-state index contributed by atoms with van der Waals surface area (Å²) in [7, 11) is 0. The van der Waals surface area contributed by atoms with E-state index < -0.39 is 0 Å². The van der Waals surface area contributed by atoms with Crippen LogP contribution in [0.15, 0.2) is 24.5 Å². The fourth-order valence-corrected chi connectivity index (χ4v) is 1.44. The molecule has 16 heavy (non-hydrogen) atoms. The number of nitrogens with zero attached hydrogens (tertiary/aromatic N) is 4. The van der Waals surface area contributed by atoms with Crippen molar-refractivity contribution in [1.29, 1.82) is 0 Å². The third kappa shape index (κ3) is 2.22. The lowest BCUT2D eigenvalue weighted by molar-refractivity contribution is 0.542. The number of aromatic nitrogens is 4. The Morgan fingerprint density at radius 1 is 1.25 bits per heavy atom. The number of hydrogen-bond donors (Lipinski definition) is 0. The molecule has 0 aliphatic heterocycles. The topological polar surface area (TPSA) is 43.6 Å². The van der Waals surface area contributed by atoms with Gasteiger partial charge in [0.05, 0.1) is 0 Å². The molecule has 84 valence electrons. The molecule has 5 heteroatoms. The van der Waals surface area contributed by atoms with Gasteiger partial charge in [-0.2, -0.15) is 5.10 Å². The van der Waals surface area contributed by atoms with Gasteiger partial charge in [-0.3, -0.25) is 0 Å². The second kappa shape index (κ2) is 3.87. The van der Waals surface area contributed by atoms with Crippen LogP contribution in [0, 0.1) is 0 Å². The van der Waals surface area contributed by atoms with E-state index in [0.29, 0.717) is 16.8 Å². The molecule has 0 amide bonds. The van der Waals surface area contributed by atoms with Gasteiger partial charge in [-0.1, -0.05) is 32.4 Å². The molecule has 0 fully saturated rings. The Hall–Kier alpha value is -1.42. The van der Waals surface area contributed by atoms with E-state index in [2.05, 4.69) is 15.1 Å². The summed E-state index contributed by atoms with van der Waals surface area (Å²) in [5.74, 6) is 1.40. The number of halogens is 1. The molecule has 0 atom stereocenters. The van der Waals surface area contributed by atoms with Gasteiger partial charge in [0, 0.05) is 23.9 Å². The van der Waals surface area contributed by atoms with Crippen LogP contribution in [0.4, 0.5) is 0 Å². The van der Waals surface area contributed by atoms with Crippen LogP contribution < -0.4 is 0 Å². The van der Waals surface area contributed by atoms with Gasteiger partial charge in [-0.15, -0.1) is 0 Å². The van der Waals surface area contributed by atoms with E-state index in [1.807, 2.05) is 33.0 Å². The lowest BCUT2D eigenvalue weighted by Gasteiger charge is -2.17. The van der Waals surface area contributed by atoms with Crippen molar-refractivity contribution < 1.29 is 0 Å². The predicted octanol–water partition coefficient (Wildman–Crippen LogP) is 2.61. The van der Waals surface area contributed by atoms with Gasteiger partial charge in [0.1, 0.15) is 11.0 Å². The second-order valence-electron chi connectivity index (χ2n) is 4.57. The maximum absolute atomic E-state index is 5.98. The van der Waals surface area contributed by atoms with E-state index in [9.17, 15) is 0 Å². The molecule has 0 bridgehead atoms. The monoisotopic (exact) mass is 236 g/mol. The van der Waals surface area contributed by atoms with E-state index in [1.54, 1.807) is 16.9 Å². The average molecular weight is 237 g/mol. The Balaban J connectivity index is 2.53. The van der Waals surface area contributed by atoms with Crippen molar-refractivity contribution in [2.75, 3.05) is 0 Å². The molecule has 0 aromatic carbocycles. The first-order valence-corrected chi connectivity index (χ1v) is 5.40. The minimum absolute atomic E-state index is 0.132. The highest BCUT2D eigenvalue weighted by atomic mass is 35.5. The van der Waals surface area contributed by atoms with Gasteiger partial charge >= 0.3 is 0 Å². The van der Waals surface area contributed by atoms with Gasteiger partial charge in [-0.25, -0.2) is 14.6 Å². The van der Waals surface area contributed by atoms with Crippen LogP contribution in [0.2, 0.25) is 5.15 Å². The molecule has 0 spiro atoms. The summed E-state index contributed by atoms with van der Waals surface area (Å²) in [6.45, 7) is 6.14. The van der Waals surface area contributed by atoms with E-state index in [-0.39, 0.29) is 5.41 Å². The molecule has 0 aliphatic carbocycles. The highest BCUT2D eigenvalue weighted by Crippen LogP contribution is 2.21. The van der Waals surface area contributed by atoms with E-state index in [1.165, 1.54) is 0 Å². The molecule has 0 radical (unpaired) electrons. The van der Waals surface area contributed by atoms with E-state index >= 15 is 0 Å². The van der Waals surface area contributed by atoms with Gasteiger partial charge < -0.3 is 0 Å². The Bertz CT molecular complexity index is 485. The Morgan fingerprint density at radius 2 is 2.00 bits per heavy atom. The van der Waals surface area contributed by atoms with Crippen LogP contribution >= 0.6 is 11.6 Å². The summed E-state index contributed by atoms with van der Waals surface area (Å²) < 4.78 is 1.67. The standard InChI is InChI=1S/C11H13ClN4/c1-11(2,3)10-14-8(12)7-9(15-10)16-6-4-5-13-16/h4-7H,1-3H3. The summed E-state index contributed by atoms with van der Waals surface area (Å²) in [6.07, 6.45) is 3.53. The van der Waals surface area contributed by atoms with Crippen molar-refractivity contribution in [1.82, 2.24) is 19.7 Å². The van der Waals surface area contributed by atoms with Crippen LogP contribution in [0.1, 0.15) is 26.6 Å². The molecule has 0 aliphatic rings. The minimum Gasteiger partial charge on any atom is -0.223 e. The molecule has 4 nitrogen and oxygen atoms in total. The summed E-state index contributed by atoms with van der Waals surface area (Å²) in [6, 6.07) is 3.54. The molecular weight excluding hydrogens is 224 g/mol. The normalized spacial score (nSPS) is 11.8. The molecule has 2 aromatic rings. The molecule has 0 unspecified atom stereocenters. The summed E-state index contributed by atoms with van der Waals surface area (Å²) >= 11 is 5.98.